The van der Waals surface area contributed by atoms with Gasteiger partial charge in [-0.3, -0.25) is 4.79 Å². The first-order chi connectivity index (χ1) is 15.5. The molecule has 4 aromatic carbocycles. The number of benzene rings is 4. The molecule has 6 heteroatoms. The molecule has 158 valence electrons. The van der Waals surface area contributed by atoms with Gasteiger partial charge in [0.05, 0.1) is 11.0 Å². The van der Waals surface area contributed by atoms with Crippen LogP contribution in [0.3, 0.4) is 0 Å². The fourth-order valence-electron chi connectivity index (χ4n) is 4.25. The summed E-state index contributed by atoms with van der Waals surface area (Å²) < 4.78 is 3.40. The average molecular weight is 571 g/mol. The molecule has 0 spiro atoms. The fraction of sp³-hybridized carbons (Fsp3) is 0.0385. The Morgan fingerprint density at radius 1 is 0.875 bits per heavy atom. The highest BCUT2D eigenvalue weighted by atomic mass is 127. The van der Waals surface area contributed by atoms with Crippen LogP contribution in [-0.4, -0.2) is 10.5 Å². The quantitative estimate of drug-likeness (QED) is 0.223. The van der Waals surface area contributed by atoms with Crippen LogP contribution in [0.25, 0.3) is 32.9 Å². The number of hydrogen-bond donors (Lipinski definition) is 1. The number of amides is 1. The predicted molar refractivity (Wildman–Crippen MR) is 142 cm³/mol. The highest BCUT2D eigenvalue weighted by Crippen LogP contribution is 2.39. The minimum Gasteiger partial charge on any atom is -0.366 e. The largest absolute Gasteiger partial charge is 0.366 e. The molecule has 0 bridgehead atoms. The number of halogens is 3. The molecule has 0 saturated heterocycles. The number of carbonyl (C=O) groups excluding carboxylic acids is 1. The lowest BCUT2D eigenvalue weighted by Crippen LogP contribution is -2.11. The van der Waals surface area contributed by atoms with Crippen molar-refractivity contribution in [2.45, 2.75) is 6.54 Å². The maximum absolute atomic E-state index is 12.2. The molecule has 0 saturated carbocycles. The van der Waals surface area contributed by atoms with E-state index in [0.29, 0.717) is 22.2 Å². The molecule has 0 unspecified atom stereocenters. The lowest BCUT2D eigenvalue weighted by Gasteiger charge is -2.11. The molecule has 5 aromatic rings. The lowest BCUT2D eigenvalue weighted by molar-refractivity contribution is 0.100. The molecule has 1 heterocycles. The second-order valence-electron chi connectivity index (χ2n) is 7.57. The Morgan fingerprint density at radius 2 is 1.59 bits per heavy atom. The van der Waals surface area contributed by atoms with Crippen LogP contribution in [0.5, 0.6) is 0 Å². The van der Waals surface area contributed by atoms with Gasteiger partial charge in [-0.15, -0.1) is 0 Å². The number of primary amides is 1. The average Bonchev–Trinajstić information content (AvgIpc) is 3.08. The smallest absolute Gasteiger partial charge is 0.249 e. The second-order valence-corrected chi connectivity index (χ2v) is 9.55. The molecule has 0 radical (unpaired) electrons. The van der Waals surface area contributed by atoms with Crippen LogP contribution in [0.1, 0.15) is 15.9 Å². The Hall–Kier alpha value is -2.54. The van der Waals surface area contributed by atoms with Gasteiger partial charge in [-0.25, -0.2) is 0 Å². The number of fused-ring (bicyclic) bond motifs is 3. The van der Waals surface area contributed by atoms with Gasteiger partial charge in [-0.2, -0.15) is 0 Å². The normalized spacial score (nSPS) is 11.3. The van der Waals surface area contributed by atoms with Crippen molar-refractivity contribution in [2.24, 2.45) is 5.73 Å². The number of carbonyl (C=O) groups is 1. The molecule has 0 atom stereocenters. The van der Waals surface area contributed by atoms with Crippen LogP contribution in [0.4, 0.5) is 0 Å². The number of rotatable bonds is 4. The van der Waals surface area contributed by atoms with Crippen LogP contribution >= 0.6 is 45.8 Å². The van der Waals surface area contributed by atoms with E-state index in [2.05, 4.69) is 45.4 Å². The summed E-state index contributed by atoms with van der Waals surface area (Å²) in [5, 5.41) is 3.01. The summed E-state index contributed by atoms with van der Waals surface area (Å²) in [6.45, 7) is 0.654. The van der Waals surface area contributed by atoms with Crippen LogP contribution in [0.15, 0.2) is 78.9 Å². The summed E-state index contributed by atoms with van der Waals surface area (Å²) in [6, 6.07) is 25.5. The summed E-state index contributed by atoms with van der Waals surface area (Å²) in [6.07, 6.45) is 0. The van der Waals surface area contributed by atoms with Gasteiger partial charge >= 0.3 is 0 Å². The van der Waals surface area contributed by atoms with Gasteiger partial charge in [-0.05, 0) is 70.1 Å². The van der Waals surface area contributed by atoms with Crippen molar-refractivity contribution in [1.82, 2.24) is 4.57 Å². The lowest BCUT2D eigenvalue weighted by atomic mass is 10.0. The molecule has 3 nitrogen and oxygen atoms in total. The Labute approximate surface area is 208 Å². The first kappa shape index (κ1) is 21.3. The van der Waals surface area contributed by atoms with Gasteiger partial charge in [0.1, 0.15) is 0 Å². The van der Waals surface area contributed by atoms with Crippen molar-refractivity contribution >= 4 is 73.5 Å². The molecule has 1 amide bonds. The molecule has 32 heavy (non-hydrogen) atoms. The monoisotopic (exact) mass is 570 g/mol. The molecule has 0 aliphatic carbocycles. The van der Waals surface area contributed by atoms with Crippen LogP contribution in [-0.2, 0) is 6.54 Å². The second kappa shape index (κ2) is 8.43. The SMILES string of the molecule is NC(=O)c1cccc2c1c1ccc(-c3c(Cl)cccc3Cl)cc1n2Cc1ccccc1I. The zero-order chi connectivity index (χ0) is 22.4. The summed E-state index contributed by atoms with van der Waals surface area (Å²) in [7, 11) is 0. The standard InChI is InChI=1S/C26H17Cl2IN2O/c27-19-7-4-8-20(28)24(19)15-11-12-17-23(13-15)31(14-16-5-1-2-9-21(16)29)22-10-3-6-18(25(17)22)26(30)32/h1-13H,14H2,(H2,30,32). The highest BCUT2D eigenvalue weighted by Gasteiger charge is 2.18. The molecule has 0 aliphatic heterocycles. The molecular formula is C26H17Cl2IN2O. The number of nitrogens with zero attached hydrogens (tertiary/aromatic N) is 1. The number of nitrogens with two attached hydrogens (primary N) is 1. The van der Waals surface area contributed by atoms with E-state index < -0.39 is 5.91 Å². The van der Waals surface area contributed by atoms with Gasteiger partial charge in [0.25, 0.3) is 0 Å². The molecule has 0 aliphatic rings. The van der Waals surface area contributed by atoms with E-state index in [0.717, 1.165) is 32.9 Å². The summed E-state index contributed by atoms with van der Waals surface area (Å²) in [5.74, 6) is -0.442. The van der Waals surface area contributed by atoms with E-state index in [1.807, 2.05) is 54.6 Å². The Morgan fingerprint density at radius 3 is 2.31 bits per heavy atom. The third kappa shape index (κ3) is 3.56. The molecule has 1 aromatic heterocycles. The number of hydrogen-bond acceptors (Lipinski definition) is 1. The Bertz CT molecular complexity index is 1500. The Balaban J connectivity index is 1.85. The first-order valence-electron chi connectivity index (χ1n) is 9.98. The molecule has 2 N–H and O–H groups in total. The minimum absolute atomic E-state index is 0.442. The molecular weight excluding hydrogens is 554 g/mol. The van der Waals surface area contributed by atoms with E-state index >= 15 is 0 Å². The summed E-state index contributed by atoms with van der Waals surface area (Å²) >= 11 is 15.3. The Kier molecular flexibility index (Phi) is 5.61. The zero-order valence-electron chi connectivity index (χ0n) is 16.8. The van der Waals surface area contributed by atoms with E-state index in [1.165, 1.54) is 9.13 Å². The third-order valence-corrected chi connectivity index (χ3v) is 7.38. The van der Waals surface area contributed by atoms with Gasteiger partial charge in [0.15, 0.2) is 0 Å². The van der Waals surface area contributed by atoms with E-state index in [4.69, 9.17) is 28.9 Å². The first-order valence-corrected chi connectivity index (χ1v) is 11.8. The highest BCUT2D eigenvalue weighted by molar-refractivity contribution is 14.1. The van der Waals surface area contributed by atoms with Crippen molar-refractivity contribution in [2.75, 3.05) is 0 Å². The van der Waals surface area contributed by atoms with Gasteiger partial charge in [0.2, 0.25) is 5.91 Å². The van der Waals surface area contributed by atoms with Crippen molar-refractivity contribution in [3.63, 3.8) is 0 Å². The van der Waals surface area contributed by atoms with E-state index in [9.17, 15) is 4.79 Å². The van der Waals surface area contributed by atoms with Crippen molar-refractivity contribution < 1.29 is 4.79 Å². The van der Waals surface area contributed by atoms with E-state index in [1.54, 1.807) is 6.07 Å². The van der Waals surface area contributed by atoms with Crippen LogP contribution in [0.2, 0.25) is 10.0 Å². The fourth-order valence-corrected chi connectivity index (χ4v) is 5.42. The maximum atomic E-state index is 12.2. The third-order valence-electron chi connectivity index (χ3n) is 5.69. The number of aromatic nitrogens is 1. The molecule has 0 fully saturated rings. The topological polar surface area (TPSA) is 48.0 Å². The van der Waals surface area contributed by atoms with Crippen molar-refractivity contribution in [3.8, 4) is 11.1 Å². The van der Waals surface area contributed by atoms with Gasteiger partial charge < -0.3 is 10.3 Å². The minimum atomic E-state index is -0.442. The van der Waals surface area contributed by atoms with Crippen molar-refractivity contribution in [1.29, 1.82) is 0 Å². The summed E-state index contributed by atoms with van der Waals surface area (Å²) in [5.41, 5.74) is 11.1. The maximum Gasteiger partial charge on any atom is 0.249 e. The summed E-state index contributed by atoms with van der Waals surface area (Å²) in [4.78, 5) is 12.2. The van der Waals surface area contributed by atoms with Crippen LogP contribution < -0.4 is 5.73 Å². The predicted octanol–water partition coefficient (Wildman–Crippen LogP) is 7.52. The van der Waals surface area contributed by atoms with Crippen molar-refractivity contribution in [3.05, 3.63) is 104 Å². The zero-order valence-corrected chi connectivity index (χ0v) is 20.4. The molecule has 5 rings (SSSR count). The van der Waals surface area contributed by atoms with Gasteiger partial charge in [0, 0.05) is 42.1 Å². The van der Waals surface area contributed by atoms with Gasteiger partial charge in [-0.1, -0.05) is 65.7 Å². The van der Waals surface area contributed by atoms with Crippen LogP contribution in [0, 0.1) is 3.57 Å². The van der Waals surface area contributed by atoms with E-state index in [-0.39, 0.29) is 0 Å².